The Morgan fingerprint density at radius 2 is 1.46 bits per heavy atom. The van der Waals surface area contributed by atoms with E-state index < -0.39 is 0 Å². The zero-order valence-corrected chi connectivity index (χ0v) is 19.4. The molecule has 1 aromatic heterocycles. The lowest BCUT2D eigenvalue weighted by Crippen LogP contribution is -2.17. The van der Waals surface area contributed by atoms with Crippen molar-refractivity contribution in [1.82, 2.24) is 4.57 Å². The van der Waals surface area contributed by atoms with E-state index in [1.807, 2.05) is 4.57 Å². The van der Waals surface area contributed by atoms with E-state index in [9.17, 15) is 15.0 Å². The summed E-state index contributed by atoms with van der Waals surface area (Å²) in [6.45, 7) is 15.1. The van der Waals surface area contributed by atoms with Crippen molar-refractivity contribution in [2.75, 3.05) is 5.75 Å². The number of thioether (sulfide) groups is 1. The molecule has 0 amide bonds. The lowest BCUT2D eigenvalue weighted by Gasteiger charge is -2.28. The molecule has 0 unspecified atom stereocenters. The Morgan fingerprint density at radius 3 is 1.93 bits per heavy atom. The average molecular weight is 426 g/mol. The number of pyridine rings is 1. The zero-order valence-electron chi connectivity index (χ0n) is 17.8. The van der Waals surface area contributed by atoms with Crippen LogP contribution in [0, 0.1) is 6.92 Å². The number of rotatable bonds is 4. The van der Waals surface area contributed by atoms with Crippen LogP contribution in [0.15, 0.2) is 34.1 Å². The van der Waals surface area contributed by atoms with Crippen molar-refractivity contribution in [2.45, 2.75) is 70.7 Å². The van der Waals surface area contributed by atoms with Gasteiger partial charge in [-0.15, -0.1) is 24.2 Å². The number of hydrogen-bond acceptors (Lipinski definition) is 4. The van der Waals surface area contributed by atoms with Gasteiger partial charge < -0.3 is 14.8 Å². The number of aromatic nitrogens is 1. The van der Waals surface area contributed by atoms with E-state index in [1.54, 1.807) is 24.9 Å². The standard InChI is InChI=1S/C22H31NO3S.ClH/c1-14-19(25)18(24)8-9-23(14)10-11-27-15-12-16(21(2,3)4)20(26)17(13-15)22(5,6)7;/h8-9,12-13,25-26H,10-11H2,1-7H3;1H. The molecule has 0 spiro atoms. The van der Waals surface area contributed by atoms with Gasteiger partial charge in [0, 0.05) is 40.6 Å². The monoisotopic (exact) mass is 425 g/mol. The highest BCUT2D eigenvalue weighted by Crippen LogP contribution is 2.41. The lowest BCUT2D eigenvalue weighted by atomic mass is 9.79. The van der Waals surface area contributed by atoms with E-state index in [1.165, 1.54) is 6.07 Å². The normalized spacial score (nSPS) is 12.0. The van der Waals surface area contributed by atoms with Crippen LogP contribution in [-0.4, -0.2) is 20.5 Å². The number of nitrogens with zero attached hydrogens (tertiary/aromatic N) is 1. The molecule has 156 valence electrons. The molecule has 0 bridgehead atoms. The number of benzene rings is 1. The molecule has 0 saturated heterocycles. The van der Waals surface area contributed by atoms with E-state index in [2.05, 4.69) is 53.7 Å². The topological polar surface area (TPSA) is 62.5 Å². The third-order valence-corrected chi connectivity index (χ3v) is 5.67. The summed E-state index contributed by atoms with van der Waals surface area (Å²) in [6.07, 6.45) is 1.72. The zero-order chi connectivity index (χ0) is 20.6. The highest BCUT2D eigenvalue weighted by molar-refractivity contribution is 7.99. The first-order valence-corrected chi connectivity index (χ1v) is 10.2. The van der Waals surface area contributed by atoms with Crippen LogP contribution in [0.4, 0.5) is 0 Å². The van der Waals surface area contributed by atoms with Crippen LogP contribution >= 0.6 is 24.2 Å². The second-order valence-corrected chi connectivity index (χ2v) is 10.2. The number of aromatic hydroxyl groups is 2. The van der Waals surface area contributed by atoms with Crippen LogP contribution in [-0.2, 0) is 17.4 Å². The molecule has 2 N–H and O–H groups in total. The van der Waals surface area contributed by atoms with Crippen molar-refractivity contribution < 1.29 is 10.2 Å². The Balaban J connectivity index is 0.00000392. The summed E-state index contributed by atoms with van der Waals surface area (Å²) in [4.78, 5) is 12.6. The van der Waals surface area contributed by atoms with Crippen LogP contribution < -0.4 is 5.43 Å². The van der Waals surface area contributed by atoms with Gasteiger partial charge in [-0.2, -0.15) is 0 Å². The van der Waals surface area contributed by atoms with Gasteiger partial charge in [0.05, 0.1) is 5.69 Å². The highest BCUT2D eigenvalue weighted by atomic mass is 35.5. The first-order chi connectivity index (χ1) is 12.3. The molecule has 0 aliphatic heterocycles. The summed E-state index contributed by atoms with van der Waals surface area (Å²) in [5.41, 5.74) is 1.84. The third kappa shape index (κ3) is 5.48. The number of hydrogen-bond donors (Lipinski definition) is 2. The minimum Gasteiger partial charge on any atom is -0.507 e. The molecule has 2 rings (SSSR count). The van der Waals surface area contributed by atoms with Gasteiger partial charge in [0.2, 0.25) is 5.43 Å². The Kier molecular flexibility index (Phi) is 7.71. The van der Waals surface area contributed by atoms with E-state index in [4.69, 9.17) is 0 Å². The molecule has 1 heterocycles. The van der Waals surface area contributed by atoms with Crippen LogP contribution in [0.1, 0.15) is 58.4 Å². The van der Waals surface area contributed by atoms with Gasteiger partial charge in [0.15, 0.2) is 5.75 Å². The Morgan fingerprint density at radius 1 is 0.964 bits per heavy atom. The summed E-state index contributed by atoms with van der Waals surface area (Å²) >= 11 is 1.71. The van der Waals surface area contributed by atoms with E-state index in [0.717, 1.165) is 21.8 Å². The van der Waals surface area contributed by atoms with Gasteiger partial charge in [-0.25, -0.2) is 0 Å². The number of halogens is 1. The van der Waals surface area contributed by atoms with Crippen molar-refractivity contribution in [1.29, 1.82) is 0 Å². The SMILES string of the molecule is Cc1c(O)c(=O)ccn1CCSc1cc(C(C)(C)C)c(O)c(C(C)(C)C)c1.Cl. The summed E-state index contributed by atoms with van der Waals surface area (Å²) in [6, 6.07) is 5.54. The number of phenolic OH excluding ortho intramolecular Hbond substituents is 1. The molecule has 1 aromatic carbocycles. The molecular weight excluding hydrogens is 394 g/mol. The fraction of sp³-hybridized carbons (Fsp3) is 0.500. The van der Waals surface area contributed by atoms with Gasteiger partial charge in [-0.3, -0.25) is 4.79 Å². The van der Waals surface area contributed by atoms with Crippen molar-refractivity contribution in [3.05, 3.63) is 51.4 Å². The largest absolute Gasteiger partial charge is 0.507 e. The van der Waals surface area contributed by atoms with E-state index in [0.29, 0.717) is 18.0 Å². The molecule has 4 nitrogen and oxygen atoms in total. The van der Waals surface area contributed by atoms with E-state index in [-0.39, 0.29) is 34.4 Å². The van der Waals surface area contributed by atoms with Crippen LogP contribution in [0.3, 0.4) is 0 Å². The fourth-order valence-electron chi connectivity index (χ4n) is 3.00. The Bertz CT molecular complexity index is 857. The third-order valence-electron chi connectivity index (χ3n) is 4.71. The fourth-order valence-corrected chi connectivity index (χ4v) is 3.93. The van der Waals surface area contributed by atoms with Crippen LogP contribution in [0.5, 0.6) is 11.5 Å². The maximum Gasteiger partial charge on any atom is 0.223 e. The number of aryl methyl sites for hydroxylation is 1. The predicted octanol–water partition coefficient (Wildman–Crippen LogP) is 5.38. The van der Waals surface area contributed by atoms with Crippen LogP contribution in [0.2, 0.25) is 0 Å². The minimum atomic E-state index is -0.348. The molecule has 0 radical (unpaired) electrons. The molecular formula is C22H32ClNO3S. The first kappa shape index (κ1) is 24.4. The molecule has 0 saturated carbocycles. The summed E-state index contributed by atoms with van der Waals surface area (Å²) in [5, 5.41) is 20.6. The van der Waals surface area contributed by atoms with Gasteiger partial charge in [0.1, 0.15) is 5.75 Å². The van der Waals surface area contributed by atoms with Crippen molar-refractivity contribution in [2.24, 2.45) is 0 Å². The summed E-state index contributed by atoms with van der Waals surface area (Å²) in [7, 11) is 0. The molecule has 6 heteroatoms. The Labute approximate surface area is 178 Å². The summed E-state index contributed by atoms with van der Waals surface area (Å²) in [5.74, 6) is 0.999. The van der Waals surface area contributed by atoms with Gasteiger partial charge in [0.25, 0.3) is 0 Å². The number of phenols is 1. The average Bonchev–Trinajstić information content (AvgIpc) is 2.54. The first-order valence-electron chi connectivity index (χ1n) is 9.22. The molecule has 28 heavy (non-hydrogen) atoms. The van der Waals surface area contributed by atoms with Crippen LogP contribution in [0.25, 0.3) is 0 Å². The molecule has 0 aliphatic rings. The molecule has 0 fully saturated rings. The van der Waals surface area contributed by atoms with E-state index >= 15 is 0 Å². The second kappa shape index (κ2) is 8.83. The molecule has 0 atom stereocenters. The Hall–Kier alpha value is -1.59. The van der Waals surface area contributed by atoms with Gasteiger partial charge in [-0.05, 0) is 29.9 Å². The highest BCUT2D eigenvalue weighted by Gasteiger charge is 2.26. The maximum atomic E-state index is 11.5. The van der Waals surface area contributed by atoms with Crippen molar-refractivity contribution in [3.63, 3.8) is 0 Å². The quantitative estimate of drug-likeness (QED) is 0.645. The smallest absolute Gasteiger partial charge is 0.223 e. The lowest BCUT2D eigenvalue weighted by molar-refractivity contribution is 0.422. The molecule has 0 aliphatic carbocycles. The minimum absolute atomic E-state index is 0. The molecule has 2 aromatic rings. The maximum absolute atomic E-state index is 11.5. The second-order valence-electron chi connectivity index (χ2n) is 9.02. The van der Waals surface area contributed by atoms with Gasteiger partial charge in [-0.1, -0.05) is 41.5 Å². The van der Waals surface area contributed by atoms with Gasteiger partial charge >= 0.3 is 0 Å². The summed E-state index contributed by atoms with van der Waals surface area (Å²) < 4.78 is 1.89. The predicted molar refractivity (Wildman–Crippen MR) is 121 cm³/mol. The van der Waals surface area contributed by atoms with Crippen molar-refractivity contribution >= 4 is 24.2 Å². The van der Waals surface area contributed by atoms with Crippen molar-refractivity contribution in [3.8, 4) is 11.5 Å².